The summed E-state index contributed by atoms with van der Waals surface area (Å²) in [4.78, 5) is 24.8. The molecule has 0 atom stereocenters. The van der Waals surface area contributed by atoms with Crippen LogP contribution in [0.2, 0.25) is 10.0 Å². The number of hydrazone groups is 1. The van der Waals surface area contributed by atoms with Crippen LogP contribution in [0.15, 0.2) is 82.8 Å². The Morgan fingerprint density at radius 2 is 1.69 bits per heavy atom. The van der Waals surface area contributed by atoms with E-state index in [9.17, 15) is 9.59 Å². The second-order valence-corrected chi connectivity index (χ2v) is 8.37. The number of carbonyl (C=O) groups excluding carboxylic acids is 1. The predicted octanol–water partition coefficient (Wildman–Crippen LogP) is 5.00. The van der Waals surface area contributed by atoms with Crippen LogP contribution in [0, 0.1) is 0 Å². The highest BCUT2D eigenvalue weighted by atomic mass is 35.5. The van der Waals surface area contributed by atoms with Crippen LogP contribution in [0.5, 0.6) is 11.6 Å². The number of fused-ring (bicyclic) bond motifs is 1. The van der Waals surface area contributed by atoms with Crippen molar-refractivity contribution >= 4 is 51.5 Å². The van der Waals surface area contributed by atoms with Gasteiger partial charge in [-0.25, -0.2) is 9.89 Å². The summed E-state index contributed by atoms with van der Waals surface area (Å²) in [5.74, 6) is 0.189. The summed E-state index contributed by atoms with van der Waals surface area (Å²) < 4.78 is 5.81. The van der Waals surface area contributed by atoms with Gasteiger partial charge >= 0.3 is 6.03 Å². The second-order valence-electron chi connectivity index (χ2n) is 7.56. The lowest BCUT2D eigenvalue weighted by atomic mass is 10.0. The molecule has 0 bridgehead atoms. The minimum absolute atomic E-state index is 0.0378. The number of anilines is 1. The number of H-pyrrole nitrogens is 1. The summed E-state index contributed by atoms with van der Waals surface area (Å²) in [7, 11) is 0. The quantitative estimate of drug-likeness (QED) is 0.358. The van der Waals surface area contributed by atoms with Gasteiger partial charge in [0.05, 0.1) is 27.0 Å². The van der Waals surface area contributed by atoms with Gasteiger partial charge in [0, 0.05) is 6.07 Å². The second kappa shape index (κ2) is 8.79. The number of urea groups is 1. The molecular formula is C24H16Cl2N6O3. The van der Waals surface area contributed by atoms with Crippen molar-refractivity contribution in [3.8, 4) is 22.8 Å². The number of nitrogens with zero attached hydrogens (tertiary/aromatic N) is 3. The fourth-order valence-corrected chi connectivity index (χ4v) is 4.07. The first-order valence-corrected chi connectivity index (χ1v) is 11.0. The molecule has 174 valence electrons. The number of ether oxygens (including phenoxy) is 1. The molecule has 9 nitrogen and oxygen atoms in total. The number of carbonyl (C=O) groups is 1. The minimum Gasteiger partial charge on any atom is -0.434 e. The molecule has 35 heavy (non-hydrogen) atoms. The van der Waals surface area contributed by atoms with Gasteiger partial charge in [0.25, 0.3) is 5.56 Å². The highest BCUT2D eigenvalue weighted by Gasteiger charge is 2.25. The van der Waals surface area contributed by atoms with Crippen LogP contribution in [0.25, 0.3) is 21.9 Å². The van der Waals surface area contributed by atoms with Crippen LogP contribution < -0.4 is 26.4 Å². The van der Waals surface area contributed by atoms with E-state index in [0.29, 0.717) is 11.1 Å². The number of aromatic nitrogens is 2. The zero-order chi connectivity index (χ0) is 24.7. The lowest BCUT2D eigenvalue weighted by Crippen LogP contribution is -2.45. The number of hydrogen-bond acceptors (Lipinski definition) is 6. The molecule has 0 radical (unpaired) electrons. The number of amidine groups is 1. The summed E-state index contributed by atoms with van der Waals surface area (Å²) in [6.45, 7) is 3.60. The Kier molecular flexibility index (Phi) is 5.64. The van der Waals surface area contributed by atoms with Crippen LogP contribution in [0.1, 0.15) is 0 Å². The molecular weight excluding hydrogens is 491 g/mol. The average molecular weight is 507 g/mol. The van der Waals surface area contributed by atoms with E-state index >= 15 is 0 Å². The highest BCUT2D eigenvalue weighted by molar-refractivity contribution is 6.37. The fraction of sp³-hybridized carbons (Fsp3) is 0. The smallest absolute Gasteiger partial charge is 0.347 e. The molecule has 0 aliphatic carbocycles. The zero-order valence-electron chi connectivity index (χ0n) is 17.9. The van der Waals surface area contributed by atoms with Crippen LogP contribution in [-0.2, 0) is 0 Å². The molecule has 0 spiro atoms. The third kappa shape index (κ3) is 4.30. The monoisotopic (exact) mass is 506 g/mol. The minimum atomic E-state index is -0.577. The summed E-state index contributed by atoms with van der Waals surface area (Å²) in [5.41, 5.74) is 6.87. The lowest BCUT2D eigenvalue weighted by molar-refractivity contribution is 0.248. The predicted molar refractivity (Wildman–Crippen MR) is 136 cm³/mol. The summed E-state index contributed by atoms with van der Waals surface area (Å²) in [6, 6.07) is 17.3. The van der Waals surface area contributed by atoms with Crippen molar-refractivity contribution in [3.63, 3.8) is 0 Å². The standard InChI is InChI=1S/C24H16Cl2N6O3/c1-12-22(27)31-32(24(34)28-12)16-9-18(25)21(19(26)10-16)35-20-11-17(23(33)30-29-20)15-7-6-13-4-2-3-5-14(13)8-15/h2-11H,1H2,(H2,27,31)(H,28,34)(H,30,33). The Hall–Kier alpha value is -4.34. The third-order valence-electron chi connectivity index (χ3n) is 5.24. The van der Waals surface area contributed by atoms with Crippen LogP contribution >= 0.6 is 23.2 Å². The maximum Gasteiger partial charge on any atom is 0.347 e. The fourth-order valence-electron chi connectivity index (χ4n) is 3.52. The first-order valence-electron chi connectivity index (χ1n) is 10.2. The molecule has 1 aliphatic heterocycles. The van der Waals surface area contributed by atoms with Crippen molar-refractivity contribution in [2.75, 3.05) is 5.01 Å². The molecule has 4 N–H and O–H groups in total. The number of amides is 2. The molecule has 0 saturated carbocycles. The normalized spacial score (nSPS) is 13.5. The van der Waals surface area contributed by atoms with E-state index in [1.807, 2.05) is 42.5 Å². The van der Waals surface area contributed by atoms with E-state index < -0.39 is 6.03 Å². The molecule has 0 saturated heterocycles. The molecule has 5 rings (SSSR count). The van der Waals surface area contributed by atoms with Gasteiger partial charge in [0.15, 0.2) is 11.6 Å². The SMILES string of the molecule is C=C1NC(=O)N(c2cc(Cl)c(Oc3cc(-c4ccc5ccccc5c4)c(=O)[nH]n3)c(Cl)c2)N=C1N. The van der Waals surface area contributed by atoms with E-state index in [4.69, 9.17) is 33.7 Å². The van der Waals surface area contributed by atoms with Gasteiger partial charge in [-0.15, -0.1) is 10.2 Å². The van der Waals surface area contributed by atoms with E-state index in [1.165, 1.54) is 18.2 Å². The summed E-state index contributed by atoms with van der Waals surface area (Å²) in [5, 5.41) is 16.1. The van der Waals surface area contributed by atoms with E-state index in [1.54, 1.807) is 0 Å². The van der Waals surface area contributed by atoms with Crippen LogP contribution in [0.4, 0.5) is 10.5 Å². The van der Waals surface area contributed by atoms with Gasteiger partial charge < -0.3 is 15.8 Å². The van der Waals surface area contributed by atoms with Crippen molar-refractivity contribution in [2.45, 2.75) is 0 Å². The molecule has 3 aromatic carbocycles. The van der Waals surface area contributed by atoms with Gasteiger partial charge in [-0.1, -0.05) is 66.2 Å². The van der Waals surface area contributed by atoms with Gasteiger partial charge in [0.1, 0.15) is 0 Å². The van der Waals surface area contributed by atoms with Crippen LogP contribution in [-0.4, -0.2) is 22.1 Å². The number of aromatic amines is 1. The summed E-state index contributed by atoms with van der Waals surface area (Å²) in [6.07, 6.45) is 0. The van der Waals surface area contributed by atoms with Crippen molar-refractivity contribution in [1.29, 1.82) is 0 Å². The lowest BCUT2D eigenvalue weighted by Gasteiger charge is -2.24. The number of nitrogens with two attached hydrogens (primary N) is 1. The Morgan fingerprint density at radius 1 is 0.971 bits per heavy atom. The Labute approximate surface area is 208 Å². The molecule has 4 aromatic rings. The van der Waals surface area contributed by atoms with Gasteiger partial charge in [-0.3, -0.25) is 4.79 Å². The molecule has 2 heterocycles. The molecule has 11 heteroatoms. The van der Waals surface area contributed by atoms with Crippen molar-refractivity contribution < 1.29 is 9.53 Å². The van der Waals surface area contributed by atoms with Gasteiger partial charge in [-0.2, -0.15) is 5.01 Å². The topological polar surface area (TPSA) is 126 Å². The zero-order valence-corrected chi connectivity index (χ0v) is 19.4. The van der Waals surface area contributed by atoms with Gasteiger partial charge in [-0.05, 0) is 34.5 Å². The molecule has 0 unspecified atom stereocenters. The Bertz CT molecular complexity index is 1590. The largest absolute Gasteiger partial charge is 0.434 e. The van der Waals surface area contributed by atoms with Crippen LogP contribution in [0.3, 0.4) is 0 Å². The van der Waals surface area contributed by atoms with Gasteiger partial charge in [0.2, 0.25) is 5.88 Å². The average Bonchev–Trinajstić information content (AvgIpc) is 2.84. The number of hydrogen-bond donors (Lipinski definition) is 3. The molecule has 2 amide bonds. The number of benzene rings is 3. The van der Waals surface area contributed by atoms with E-state index in [-0.39, 0.29) is 44.5 Å². The van der Waals surface area contributed by atoms with Crippen molar-refractivity contribution in [2.24, 2.45) is 10.8 Å². The Morgan fingerprint density at radius 3 is 2.43 bits per heavy atom. The Balaban J connectivity index is 1.48. The van der Waals surface area contributed by atoms with Crippen molar-refractivity contribution in [1.82, 2.24) is 15.5 Å². The first kappa shape index (κ1) is 22.5. The first-order chi connectivity index (χ1) is 16.8. The maximum absolute atomic E-state index is 12.5. The molecule has 1 aliphatic rings. The van der Waals surface area contributed by atoms with E-state index in [0.717, 1.165) is 15.8 Å². The number of nitrogens with one attached hydrogen (secondary N) is 2. The van der Waals surface area contributed by atoms with Crippen molar-refractivity contribution in [3.05, 3.63) is 93.3 Å². The molecule has 1 aromatic heterocycles. The highest BCUT2D eigenvalue weighted by Crippen LogP contribution is 2.40. The maximum atomic E-state index is 12.5. The molecule has 0 fully saturated rings. The summed E-state index contributed by atoms with van der Waals surface area (Å²) >= 11 is 12.8. The van der Waals surface area contributed by atoms with E-state index in [2.05, 4.69) is 27.2 Å². The third-order valence-corrected chi connectivity index (χ3v) is 5.80. The number of rotatable bonds is 4. The number of halogens is 2.